The molecule has 3 rings (SSSR count). The second-order valence-corrected chi connectivity index (χ2v) is 15.2. The molecule has 1 fully saturated rings. The minimum absolute atomic E-state index is 0.230. The van der Waals surface area contributed by atoms with Crippen molar-refractivity contribution in [2.75, 3.05) is 14.2 Å². The summed E-state index contributed by atoms with van der Waals surface area (Å²) in [6, 6.07) is 20.7. The van der Waals surface area contributed by atoms with Gasteiger partial charge in [0, 0.05) is 5.92 Å². The van der Waals surface area contributed by atoms with Gasteiger partial charge in [0.05, 0.1) is 22.3 Å². The Hall–Kier alpha value is -2.40. The predicted molar refractivity (Wildman–Crippen MR) is 131 cm³/mol. The van der Waals surface area contributed by atoms with Crippen LogP contribution in [0.1, 0.15) is 52.0 Å². The number of ether oxygens (including phenoxy) is 2. The van der Waals surface area contributed by atoms with Crippen LogP contribution in [-0.2, 0) is 19.1 Å². The van der Waals surface area contributed by atoms with E-state index in [1.54, 1.807) is 0 Å². The van der Waals surface area contributed by atoms with Crippen molar-refractivity contribution in [3.05, 3.63) is 66.2 Å². The lowest BCUT2D eigenvalue weighted by Crippen LogP contribution is -2.56. The van der Waals surface area contributed by atoms with Gasteiger partial charge in [0.25, 0.3) is 0 Å². The lowest BCUT2D eigenvalue weighted by atomic mass is 9.74. The maximum absolute atomic E-state index is 13.4. The van der Waals surface area contributed by atoms with Gasteiger partial charge < -0.3 is 9.47 Å². The molecular formula is C27H36O4Si. The number of benzene rings is 2. The van der Waals surface area contributed by atoms with Crippen molar-refractivity contribution in [2.45, 2.75) is 63.1 Å². The number of esters is 2. The van der Waals surface area contributed by atoms with E-state index in [2.05, 4.69) is 58.0 Å². The Labute approximate surface area is 193 Å². The fraction of sp³-hybridized carbons (Fsp3) is 0.481. The summed E-state index contributed by atoms with van der Waals surface area (Å²) in [5, 5.41) is 1.40. The molecule has 0 bridgehead atoms. The molecule has 0 amide bonds. The fourth-order valence-electron chi connectivity index (χ4n) is 6.71. The van der Waals surface area contributed by atoms with Crippen LogP contribution in [0.25, 0.3) is 0 Å². The SMILES string of the molecule is COC(=O)C1(C(=O)OC)C[C@H]([Si](c2ccccc2)(C(C)C)C(C)C)C[C@@H]1c1ccccc1. The molecule has 0 heterocycles. The van der Waals surface area contributed by atoms with Gasteiger partial charge in [-0.05, 0) is 35.0 Å². The zero-order valence-electron chi connectivity index (χ0n) is 20.1. The molecule has 4 nitrogen and oxygen atoms in total. The minimum atomic E-state index is -2.19. The second kappa shape index (κ2) is 9.61. The van der Waals surface area contributed by atoms with Crippen LogP contribution in [0.15, 0.2) is 60.7 Å². The molecule has 172 valence electrons. The third kappa shape index (κ3) is 3.70. The van der Waals surface area contributed by atoms with Crippen molar-refractivity contribution in [1.29, 1.82) is 0 Å². The smallest absolute Gasteiger partial charge is 0.323 e. The number of methoxy groups -OCH3 is 2. The lowest BCUT2D eigenvalue weighted by molar-refractivity contribution is -0.170. The fourth-order valence-corrected chi connectivity index (χ4v) is 13.8. The quantitative estimate of drug-likeness (QED) is 0.319. The highest BCUT2D eigenvalue weighted by atomic mass is 28.3. The van der Waals surface area contributed by atoms with Gasteiger partial charge >= 0.3 is 11.9 Å². The Morgan fingerprint density at radius 3 is 1.75 bits per heavy atom. The first-order chi connectivity index (χ1) is 15.3. The summed E-state index contributed by atoms with van der Waals surface area (Å²) in [5.41, 5.74) is 0.782. The molecule has 1 saturated carbocycles. The van der Waals surface area contributed by atoms with E-state index < -0.39 is 25.4 Å². The number of hydrogen-bond donors (Lipinski definition) is 0. The van der Waals surface area contributed by atoms with E-state index in [1.165, 1.54) is 19.4 Å². The van der Waals surface area contributed by atoms with Gasteiger partial charge in [0.15, 0.2) is 5.41 Å². The summed E-state index contributed by atoms with van der Waals surface area (Å²) < 4.78 is 10.6. The molecule has 32 heavy (non-hydrogen) atoms. The van der Waals surface area contributed by atoms with Gasteiger partial charge in [0.2, 0.25) is 0 Å². The summed E-state index contributed by atoms with van der Waals surface area (Å²) in [7, 11) is 0.551. The predicted octanol–water partition coefficient (Wildman–Crippen LogP) is 5.44. The standard InChI is InChI=1S/C27H36O4Si/c1-19(2)32(20(3)4,22-15-11-8-12-16-22)23-17-24(21-13-9-7-10-14-21)27(18-23,25(28)30-5)26(29)31-6/h7-16,19-20,23-24H,17-18H2,1-6H3/t23-,24-/m1/s1. The molecule has 0 aromatic heterocycles. The topological polar surface area (TPSA) is 52.6 Å². The first-order valence-electron chi connectivity index (χ1n) is 11.5. The zero-order chi connectivity index (χ0) is 23.5. The van der Waals surface area contributed by atoms with Crippen LogP contribution in [0.4, 0.5) is 0 Å². The van der Waals surface area contributed by atoms with E-state index in [0.717, 1.165) is 12.0 Å². The van der Waals surface area contributed by atoms with Crippen LogP contribution in [0.3, 0.4) is 0 Å². The molecule has 2 atom stereocenters. The first kappa shape index (κ1) is 24.2. The molecule has 0 spiro atoms. The number of hydrogen-bond acceptors (Lipinski definition) is 4. The van der Waals surface area contributed by atoms with Crippen molar-refractivity contribution >= 4 is 25.2 Å². The third-order valence-electron chi connectivity index (χ3n) is 7.84. The number of carbonyl (C=O) groups is 2. The van der Waals surface area contributed by atoms with Crippen molar-refractivity contribution < 1.29 is 19.1 Å². The Bertz CT molecular complexity index is 899. The molecule has 0 N–H and O–H groups in total. The summed E-state index contributed by atoms with van der Waals surface area (Å²) in [5.74, 6) is -1.24. The Morgan fingerprint density at radius 2 is 1.31 bits per heavy atom. The van der Waals surface area contributed by atoms with E-state index in [4.69, 9.17) is 9.47 Å². The number of rotatable bonds is 7. The highest BCUT2D eigenvalue weighted by Gasteiger charge is 2.65. The second-order valence-electron chi connectivity index (χ2n) is 9.66. The first-order valence-corrected chi connectivity index (χ1v) is 13.8. The maximum atomic E-state index is 13.4. The van der Waals surface area contributed by atoms with E-state index in [9.17, 15) is 9.59 Å². The van der Waals surface area contributed by atoms with Crippen molar-refractivity contribution in [3.63, 3.8) is 0 Å². The largest absolute Gasteiger partial charge is 0.468 e. The molecule has 0 saturated heterocycles. The normalized spacial score (nSPS) is 20.4. The molecular weight excluding hydrogens is 416 g/mol. The van der Waals surface area contributed by atoms with Crippen molar-refractivity contribution in [1.82, 2.24) is 0 Å². The van der Waals surface area contributed by atoms with Crippen LogP contribution in [0.5, 0.6) is 0 Å². The lowest BCUT2D eigenvalue weighted by Gasteiger charge is -2.45. The van der Waals surface area contributed by atoms with Gasteiger partial charge in [-0.3, -0.25) is 9.59 Å². The van der Waals surface area contributed by atoms with Gasteiger partial charge in [-0.2, -0.15) is 0 Å². The number of carbonyl (C=O) groups excluding carboxylic acids is 2. The van der Waals surface area contributed by atoms with E-state index in [-0.39, 0.29) is 11.5 Å². The summed E-state index contributed by atoms with van der Waals surface area (Å²) in [6.07, 6.45) is 1.23. The van der Waals surface area contributed by atoms with Gasteiger partial charge in [-0.15, -0.1) is 0 Å². The van der Waals surface area contributed by atoms with Crippen LogP contribution in [-0.4, -0.2) is 34.2 Å². The van der Waals surface area contributed by atoms with Gasteiger partial charge in [-0.25, -0.2) is 0 Å². The maximum Gasteiger partial charge on any atom is 0.323 e. The van der Waals surface area contributed by atoms with Crippen LogP contribution >= 0.6 is 0 Å². The molecule has 0 unspecified atom stereocenters. The third-order valence-corrected chi connectivity index (χ3v) is 14.8. The van der Waals surface area contributed by atoms with Crippen LogP contribution < -0.4 is 5.19 Å². The summed E-state index contributed by atoms with van der Waals surface area (Å²) >= 11 is 0. The van der Waals surface area contributed by atoms with E-state index in [0.29, 0.717) is 17.5 Å². The Kier molecular flexibility index (Phi) is 7.28. The minimum Gasteiger partial charge on any atom is -0.468 e. The van der Waals surface area contributed by atoms with Crippen molar-refractivity contribution in [2.24, 2.45) is 5.41 Å². The van der Waals surface area contributed by atoms with E-state index in [1.807, 2.05) is 30.3 Å². The monoisotopic (exact) mass is 452 g/mol. The molecule has 0 radical (unpaired) electrons. The molecule has 0 aliphatic heterocycles. The van der Waals surface area contributed by atoms with Crippen molar-refractivity contribution in [3.8, 4) is 0 Å². The summed E-state index contributed by atoms with van der Waals surface area (Å²) in [4.78, 5) is 26.7. The summed E-state index contributed by atoms with van der Waals surface area (Å²) in [6.45, 7) is 9.25. The van der Waals surface area contributed by atoms with Gasteiger partial charge in [-0.1, -0.05) is 93.5 Å². The highest BCUT2D eigenvalue weighted by molar-refractivity contribution is 6.95. The van der Waals surface area contributed by atoms with Crippen LogP contribution in [0.2, 0.25) is 16.6 Å². The Morgan fingerprint density at radius 1 is 0.844 bits per heavy atom. The average molecular weight is 453 g/mol. The van der Waals surface area contributed by atoms with Gasteiger partial charge in [0.1, 0.15) is 0 Å². The highest BCUT2D eigenvalue weighted by Crippen LogP contribution is 2.61. The zero-order valence-corrected chi connectivity index (χ0v) is 21.1. The average Bonchev–Trinajstić information content (AvgIpc) is 3.21. The molecule has 2 aromatic rings. The van der Waals surface area contributed by atoms with Crippen LogP contribution in [0, 0.1) is 5.41 Å². The molecule has 1 aliphatic carbocycles. The van der Waals surface area contributed by atoms with E-state index >= 15 is 0 Å². The molecule has 5 heteroatoms. The Balaban J connectivity index is 2.25. The molecule has 2 aromatic carbocycles. The molecule has 1 aliphatic rings.